The van der Waals surface area contributed by atoms with E-state index in [9.17, 15) is 0 Å². The van der Waals surface area contributed by atoms with Gasteiger partial charge in [-0.1, -0.05) is 6.07 Å². The van der Waals surface area contributed by atoms with Crippen molar-refractivity contribution >= 4 is 0 Å². The van der Waals surface area contributed by atoms with Crippen molar-refractivity contribution < 1.29 is 0 Å². The van der Waals surface area contributed by atoms with Crippen LogP contribution in [-0.2, 0) is 0 Å². The summed E-state index contributed by atoms with van der Waals surface area (Å²) in [5, 5.41) is 0. The van der Waals surface area contributed by atoms with Gasteiger partial charge in [-0.15, -0.1) is 0 Å². The number of nitrogens with one attached hydrogen (secondary N) is 1. The highest BCUT2D eigenvalue weighted by Crippen LogP contribution is 1.81. The Morgan fingerprint density at radius 2 is 2.20 bits per heavy atom. The van der Waals surface area contributed by atoms with Crippen LogP contribution in [0.15, 0.2) is 36.8 Å². The monoisotopic (exact) mass is 134 g/mol. The van der Waals surface area contributed by atoms with Crippen molar-refractivity contribution in [1.29, 1.82) is 0 Å². The second-order valence-corrected chi connectivity index (χ2v) is 2.00. The van der Waals surface area contributed by atoms with E-state index in [4.69, 9.17) is 0 Å². The first-order valence-corrected chi connectivity index (χ1v) is 3.18. The number of hydrogen-bond donors (Lipinski definition) is 1. The molecule has 0 bridgehead atoms. The van der Waals surface area contributed by atoms with Crippen LogP contribution in [0.1, 0.15) is 5.69 Å². The summed E-state index contributed by atoms with van der Waals surface area (Å²) in [6.07, 6.45) is 5.40. The van der Waals surface area contributed by atoms with Crippen LogP contribution in [0.5, 0.6) is 0 Å². The summed E-state index contributed by atoms with van der Waals surface area (Å²) in [4.78, 5) is 7.04. The average molecular weight is 134 g/mol. The van der Waals surface area contributed by atoms with Crippen molar-refractivity contribution in [1.82, 2.24) is 9.97 Å². The second kappa shape index (κ2) is 3.67. The fourth-order valence-corrected chi connectivity index (χ4v) is 0.591. The van der Waals surface area contributed by atoms with Crippen molar-refractivity contribution in [2.45, 2.75) is 6.92 Å². The first kappa shape index (κ1) is 6.81. The van der Waals surface area contributed by atoms with E-state index in [0.717, 1.165) is 5.69 Å². The fourth-order valence-electron chi connectivity index (χ4n) is 0.591. The predicted molar refractivity (Wildman–Crippen MR) is 41.0 cm³/mol. The van der Waals surface area contributed by atoms with E-state index in [1.54, 1.807) is 12.4 Å². The standard InChI is InChI=1S/C8H10N2/c1-8-7-9-5-3-2-4-6-10-8/h2-7,10H,1H3. The molecule has 1 heterocycles. The molecule has 0 unspecified atom stereocenters. The Labute approximate surface area is 60.3 Å². The van der Waals surface area contributed by atoms with E-state index in [2.05, 4.69) is 9.97 Å². The zero-order valence-electron chi connectivity index (χ0n) is 5.91. The maximum absolute atomic E-state index is 4.00. The summed E-state index contributed by atoms with van der Waals surface area (Å²) in [6, 6.07) is 5.73. The van der Waals surface area contributed by atoms with Crippen molar-refractivity contribution in [2.75, 3.05) is 0 Å². The second-order valence-electron chi connectivity index (χ2n) is 2.00. The Kier molecular flexibility index (Phi) is 2.49. The lowest BCUT2D eigenvalue weighted by Crippen LogP contribution is -1.71. The minimum atomic E-state index is 1.04. The lowest BCUT2D eigenvalue weighted by atomic mass is 10.5. The molecule has 0 amide bonds. The van der Waals surface area contributed by atoms with E-state index in [1.165, 1.54) is 0 Å². The maximum atomic E-state index is 4.00. The summed E-state index contributed by atoms with van der Waals surface area (Å²) < 4.78 is 0. The number of nitrogens with zero attached hydrogens (tertiary/aromatic N) is 1. The lowest BCUT2D eigenvalue weighted by Gasteiger charge is -1.79. The third kappa shape index (κ3) is 2.31. The molecule has 0 aromatic carbocycles. The molecular formula is C8H10N2. The molecule has 0 saturated carbocycles. The van der Waals surface area contributed by atoms with Crippen LogP contribution >= 0.6 is 0 Å². The normalized spacial score (nSPS) is 8.50. The average Bonchev–Trinajstić information content (AvgIpc) is 2.02. The van der Waals surface area contributed by atoms with Gasteiger partial charge >= 0.3 is 0 Å². The predicted octanol–water partition coefficient (Wildman–Crippen LogP) is 1.84. The number of hydrogen-bond acceptors (Lipinski definition) is 1. The molecule has 1 rings (SSSR count). The van der Waals surface area contributed by atoms with Crippen molar-refractivity contribution in [3.8, 4) is 0 Å². The molecule has 2 heteroatoms. The maximum Gasteiger partial charge on any atom is 0.0457 e. The molecule has 0 atom stereocenters. The molecule has 10 heavy (non-hydrogen) atoms. The van der Waals surface area contributed by atoms with E-state index in [-0.39, 0.29) is 0 Å². The lowest BCUT2D eigenvalue weighted by molar-refractivity contribution is 1.18. The topological polar surface area (TPSA) is 28.7 Å². The molecule has 1 aromatic heterocycles. The van der Waals surface area contributed by atoms with Crippen molar-refractivity contribution in [3.05, 3.63) is 42.5 Å². The molecule has 0 aliphatic rings. The highest BCUT2D eigenvalue weighted by molar-refractivity contribution is 4.92. The molecule has 52 valence electrons. The van der Waals surface area contributed by atoms with Crippen LogP contribution in [0.3, 0.4) is 0 Å². The smallest absolute Gasteiger partial charge is 0.0457 e. The molecule has 0 saturated heterocycles. The van der Waals surface area contributed by atoms with Crippen molar-refractivity contribution in [3.63, 3.8) is 0 Å². The molecule has 1 N–H and O–H groups in total. The van der Waals surface area contributed by atoms with E-state index < -0.39 is 0 Å². The number of aromatic nitrogens is 2. The van der Waals surface area contributed by atoms with Gasteiger partial charge in [0.15, 0.2) is 0 Å². The fraction of sp³-hybridized carbons (Fsp3) is 0.125. The van der Waals surface area contributed by atoms with Crippen LogP contribution in [0.4, 0.5) is 0 Å². The molecule has 0 radical (unpaired) electrons. The minimum Gasteiger partial charge on any atom is -0.364 e. The van der Waals surface area contributed by atoms with Crippen LogP contribution in [0.2, 0.25) is 0 Å². The number of rotatable bonds is 0. The number of aromatic amines is 1. The summed E-state index contributed by atoms with van der Waals surface area (Å²) in [6.45, 7) is 1.97. The van der Waals surface area contributed by atoms with Crippen LogP contribution in [0.25, 0.3) is 0 Å². The molecule has 0 aliphatic heterocycles. The van der Waals surface area contributed by atoms with Gasteiger partial charge in [-0.3, -0.25) is 4.98 Å². The first-order chi connectivity index (χ1) is 4.89. The van der Waals surface area contributed by atoms with Gasteiger partial charge in [-0.25, -0.2) is 0 Å². The Morgan fingerprint density at radius 1 is 1.30 bits per heavy atom. The Bertz CT molecular complexity index is 215. The molecular weight excluding hydrogens is 124 g/mol. The zero-order valence-corrected chi connectivity index (χ0v) is 5.91. The quantitative estimate of drug-likeness (QED) is 0.576. The summed E-state index contributed by atoms with van der Waals surface area (Å²) >= 11 is 0. The van der Waals surface area contributed by atoms with Gasteiger partial charge < -0.3 is 4.98 Å². The largest absolute Gasteiger partial charge is 0.364 e. The van der Waals surface area contributed by atoms with Crippen LogP contribution in [0, 0.1) is 6.92 Å². The third-order valence-corrected chi connectivity index (χ3v) is 1.07. The first-order valence-electron chi connectivity index (χ1n) is 3.18. The van der Waals surface area contributed by atoms with E-state index >= 15 is 0 Å². The third-order valence-electron chi connectivity index (χ3n) is 1.07. The summed E-state index contributed by atoms with van der Waals surface area (Å²) in [5.74, 6) is 0. The van der Waals surface area contributed by atoms with Gasteiger partial charge in [0.25, 0.3) is 0 Å². The summed E-state index contributed by atoms with van der Waals surface area (Å²) in [7, 11) is 0. The van der Waals surface area contributed by atoms with Gasteiger partial charge in [0.2, 0.25) is 0 Å². The van der Waals surface area contributed by atoms with Crippen LogP contribution in [-0.4, -0.2) is 9.97 Å². The Balaban J connectivity index is 3.13. The molecule has 0 spiro atoms. The molecule has 0 aliphatic carbocycles. The van der Waals surface area contributed by atoms with Gasteiger partial charge in [0.05, 0.1) is 0 Å². The minimum absolute atomic E-state index is 1.04. The Morgan fingerprint density at radius 3 is 3.10 bits per heavy atom. The van der Waals surface area contributed by atoms with Crippen LogP contribution < -0.4 is 0 Å². The van der Waals surface area contributed by atoms with E-state index in [0.29, 0.717) is 0 Å². The van der Waals surface area contributed by atoms with Gasteiger partial charge in [0, 0.05) is 24.3 Å². The van der Waals surface area contributed by atoms with E-state index in [1.807, 2.05) is 31.3 Å². The molecule has 2 nitrogen and oxygen atoms in total. The highest BCUT2D eigenvalue weighted by Gasteiger charge is 1.70. The molecule has 0 fully saturated rings. The number of aryl methyl sites for hydroxylation is 1. The summed E-state index contributed by atoms with van der Waals surface area (Å²) in [5.41, 5.74) is 1.04. The Hall–Kier alpha value is -1.31. The molecule has 1 aromatic rings. The zero-order chi connectivity index (χ0) is 7.23. The van der Waals surface area contributed by atoms with Gasteiger partial charge in [0.1, 0.15) is 0 Å². The highest BCUT2D eigenvalue weighted by atomic mass is 14.7. The van der Waals surface area contributed by atoms with Gasteiger partial charge in [-0.2, -0.15) is 0 Å². The SMILES string of the molecule is Cc1cnccccc[nH]1. The van der Waals surface area contributed by atoms with Crippen molar-refractivity contribution in [2.24, 2.45) is 0 Å². The van der Waals surface area contributed by atoms with Gasteiger partial charge in [-0.05, 0) is 19.1 Å². The number of H-pyrrole nitrogens is 1.